The first kappa shape index (κ1) is 75.8. The molecule has 2 unspecified atom stereocenters. The average Bonchev–Trinajstić information content (AvgIpc) is 1.62. The molecule has 0 radical (unpaired) electrons. The van der Waals surface area contributed by atoms with E-state index in [-0.39, 0.29) is 12.0 Å². The molecule has 0 spiro atoms. The molecule has 632 valence electrons. The Balaban J connectivity index is 0.000000101. The lowest BCUT2D eigenvalue weighted by atomic mass is 9.91. The van der Waals surface area contributed by atoms with Gasteiger partial charge < -0.3 is 36.9 Å². The van der Waals surface area contributed by atoms with Crippen molar-refractivity contribution in [1.82, 2.24) is 51.5 Å². The van der Waals surface area contributed by atoms with Crippen LogP contribution in [0.4, 0.5) is 11.4 Å². The third-order valence-electron chi connectivity index (χ3n) is 28.4. The molecule has 1 aliphatic heterocycles. The molecule has 12 heteroatoms. The van der Waals surface area contributed by atoms with Crippen LogP contribution in [0.15, 0.2) is 474 Å². The highest BCUT2D eigenvalue weighted by Crippen LogP contribution is 2.51. The lowest BCUT2D eigenvalue weighted by Crippen LogP contribution is -2.29. The number of aromatic nitrogens is 11. The molecule has 17 aromatic carbocycles. The van der Waals surface area contributed by atoms with Gasteiger partial charge in [-0.2, -0.15) is 0 Å². The number of benzene rings is 17. The molecule has 0 N–H and O–H groups in total. The van der Waals surface area contributed by atoms with Crippen molar-refractivity contribution < 1.29 is 0 Å². The normalized spacial score (nSPS) is 13.8. The number of pyridine rings is 3. The molecule has 0 fully saturated rings. The number of allylic oxidation sites excluding steroid dienone is 2. The third-order valence-corrected chi connectivity index (χ3v) is 28.4. The maximum absolute atomic E-state index is 4.89. The van der Waals surface area contributed by atoms with E-state index in [0.717, 1.165) is 67.4 Å². The van der Waals surface area contributed by atoms with Gasteiger partial charge in [0.25, 0.3) is 0 Å². The number of rotatable bonds is 9. The number of hydrogen-bond donors (Lipinski definition) is 0. The minimum Gasteiger partial charge on any atom is -0.333 e. The minimum absolute atomic E-state index is 0.167. The quantitative estimate of drug-likeness (QED) is 0.144. The highest BCUT2D eigenvalue weighted by Gasteiger charge is 2.39. The van der Waals surface area contributed by atoms with Crippen LogP contribution in [0.2, 0.25) is 0 Å². The highest BCUT2D eigenvalue weighted by atomic mass is 15.2. The van der Waals surface area contributed by atoms with Gasteiger partial charge in [0.2, 0.25) is 0 Å². The van der Waals surface area contributed by atoms with Crippen LogP contribution in [0.1, 0.15) is 11.5 Å². The van der Waals surface area contributed by atoms with Crippen molar-refractivity contribution in [3.05, 3.63) is 479 Å². The summed E-state index contributed by atoms with van der Waals surface area (Å²) in [6.45, 7) is 0. The minimum atomic E-state index is 0.167. The molecule has 12 nitrogen and oxygen atoms in total. The fourth-order valence-electron chi connectivity index (χ4n) is 22.6. The van der Waals surface area contributed by atoms with Crippen molar-refractivity contribution in [2.24, 2.45) is 0 Å². The highest BCUT2D eigenvalue weighted by molar-refractivity contribution is 6.17. The fraction of sp³-hybridized carbons (Fsp3) is 0.0163. The monoisotopic (exact) mass is 1720 g/mol. The first-order valence-electron chi connectivity index (χ1n) is 46.2. The van der Waals surface area contributed by atoms with E-state index in [9.17, 15) is 0 Å². The van der Waals surface area contributed by atoms with E-state index in [1.165, 1.54) is 170 Å². The van der Waals surface area contributed by atoms with Crippen molar-refractivity contribution >= 4 is 192 Å². The smallest absolute Gasteiger partial charge is 0.145 e. The first-order valence-corrected chi connectivity index (χ1v) is 46.2. The maximum Gasteiger partial charge on any atom is 0.145 e. The summed E-state index contributed by atoms with van der Waals surface area (Å²) < 4.78 is 18.9. The van der Waals surface area contributed by atoms with E-state index in [2.05, 4.69) is 494 Å². The summed E-state index contributed by atoms with van der Waals surface area (Å²) in [5.41, 5.74) is 31.7. The van der Waals surface area contributed by atoms with E-state index in [0.29, 0.717) is 0 Å². The third kappa shape index (κ3) is 11.6. The summed E-state index contributed by atoms with van der Waals surface area (Å²) in [7, 11) is 0. The van der Waals surface area contributed by atoms with Crippen molar-refractivity contribution in [3.8, 4) is 39.8 Å². The van der Waals surface area contributed by atoms with Crippen LogP contribution in [0.25, 0.3) is 220 Å². The molecule has 2 atom stereocenters. The number of anilines is 2. The Kier molecular flexibility index (Phi) is 17.0. The zero-order valence-corrected chi connectivity index (χ0v) is 73.1. The molecule has 0 saturated heterocycles. The second-order valence-corrected chi connectivity index (χ2v) is 35.4. The molecular weight excluding hydrogens is 1650 g/mol. The summed E-state index contributed by atoms with van der Waals surface area (Å²) in [6, 6.07) is 153. The van der Waals surface area contributed by atoms with Crippen LogP contribution in [0.3, 0.4) is 0 Å². The maximum atomic E-state index is 4.89. The van der Waals surface area contributed by atoms with E-state index < -0.39 is 0 Å². The first-order chi connectivity index (χ1) is 67.0. The van der Waals surface area contributed by atoms with E-state index >= 15 is 0 Å². The van der Waals surface area contributed by atoms with Gasteiger partial charge in [-0.15, -0.1) is 0 Å². The summed E-state index contributed by atoms with van der Waals surface area (Å²) in [5, 5.41) is 20.0. The number of fused-ring (bicyclic) bond motifs is 27. The molecule has 28 aromatic rings. The van der Waals surface area contributed by atoms with Crippen molar-refractivity contribution in [2.75, 3.05) is 4.90 Å². The van der Waals surface area contributed by atoms with Crippen molar-refractivity contribution in [1.29, 1.82) is 0 Å². The van der Waals surface area contributed by atoms with Gasteiger partial charge >= 0.3 is 0 Å². The summed E-state index contributed by atoms with van der Waals surface area (Å²) in [5.74, 6) is 0.186. The molecule has 30 rings (SSSR count). The number of hydrogen-bond acceptors (Lipinski definition) is 4. The Bertz CT molecular complexity index is 9100. The van der Waals surface area contributed by atoms with Gasteiger partial charge in [0.1, 0.15) is 5.65 Å². The standard InChI is InChI=1S/C41H26N4.C41H28N4.C41H26N4/c1-5-15-36-30(10-1)31-11-2-6-16-37(31)43(36)27-19-21-28(22-20-27)45-40-24-23-29(26-35(40)34-14-9-25-42-41(34)45)44-38-17-7-3-12-32(38)33-13-4-8-18-39(33)44;1-5-13-36-30(9-1)31-10-2-6-14-37(31)43(36)27-17-19-28(20-18-27)44-40-22-21-29(25-34(40)35-26-42-24-23-41(35)44)45-38-15-7-3-11-32(38)33-12-4-8-16-39(33)45;1-5-13-36-30(9-1)31-10-2-6-14-37(31)43(36)27-17-19-28(20-18-27)44-40-22-21-29(25-35(40)34-23-24-42-26-41(34)44)45-38-15-7-3-11-32(38)33-12-4-8-16-39(33)45/h1-26H;1-26,34,40H;1-26H. The summed E-state index contributed by atoms with van der Waals surface area (Å²) in [6.07, 6.45) is 16.9. The van der Waals surface area contributed by atoms with Gasteiger partial charge in [-0.3, -0.25) is 14.5 Å². The number of para-hydroxylation sites is 12. The molecule has 135 heavy (non-hydrogen) atoms. The van der Waals surface area contributed by atoms with Gasteiger partial charge in [0.05, 0.1) is 95.0 Å². The Morgan fingerprint density at radius 1 is 0.193 bits per heavy atom. The van der Waals surface area contributed by atoms with Gasteiger partial charge in [0.15, 0.2) is 0 Å². The van der Waals surface area contributed by atoms with Gasteiger partial charge in [-0.25, -0.2) is 4.98 Å². The SMILES string of the molecule is C1=CC2C(C=C1n1c3ccccc3c3ccccc31)c1cnccc1N2c1ccc(-n2c3ccccc3c3ccccc32)cc1.c1ccc2c(c1)c1ccccc1n2-c1ccc(-n2c3ccc(-n4c5ccccc5c5ccccc54)cc3c3cccnc32)cc1.c1ccc2c(c1)c1ccccc1n2-c1ccc(-n2c3ccc(-n4c5ccccc5c5ccccc54)cc3c3ccncc32)cc1. The predicted octanol–water partition coefficient (Wildman–Crippen LogP) is 30.7. The lowest BCUT2D eigenvalue weighted by molar-refractivity contribution is 0.742. The molecular formula is C123H80N12. The Labute approximate surface area is 774 Å². The fourth-order valence-corrected chi connectivity index (χ4v) is 22.6. The predicted molar refractivity (Wildman–Crippen MR) is 561 cm³/mol. The van der Waals surface area contributed by atoms with Crippen LogP contribution >= 0.6 is 0 Å². The zero-order valence-electron chi connectivity index (χ0n) is 73.1. The molecule has 2 aliphatic rings. The van der Waals surface area contributed by atoms with E-state index in [4.69, 9.17) is 4.98 Å². The number of nitrogens with zero attached hydrogens (tertiary/aromatic N) is 12. The molecule has 0 saturated carbocycles. The van der Waals surface area contributed by atoms with Gasteiger partial charge in [-0.05, 0) is 212 Å². The lowest BCUT2D eigenvalue weighted by Gasteiger charge is -2.30. The van der Waals surface area contributed by atoms with E-state index in [1.807, 2.05) is 30.9 Å². The molecule has 12 heterocycles. The summed E-state index contributed by atoms with van der Waals surface area (Å²) in [4.78, 5) is 16.5. The zero-order chi connectivity index (χ0) is 88.5. The van der Waals surface area contributed by atoms with Gasteiger partial charge in [0, 0.05) is 179 Å². The van der Waals surface area contributed by atoms with Gasteiger partial charge in [-0.1, -0.05) is 231 Å². The molecule has 1 aliphatic carbocycles. The van der Waals surface area contributed by atoms with Crippen molar-refractivity contribution in [2.45, 2.75) is 12.0 Å². The van der Waals surface area contributed by atoms with Crippen molar-refractivity contribution in [3.63, 3.8) is 0 Å². The Hall–Kier alpha value is -18.1. The summed E-state index contributed by atoms with van der Waals surface area (Å²) >= 11 is 0. The van der Waals surface area contributed by atoms with E-state index in [1.54, 1.807) is 0 Å². The molecule has 0 bridgehead atoms. The van der Waals surface area contributed by atoms with Crippen LogP contribution < -0.4 is 4.90 Å². The average molecular weight is 1730 g/mol. The van der Waals surface area contributed by atoms with Crippen LogP contribution in [0, 0.1) is 0 Å². The van der Waals surface area contributed by atoms with Crippen LogP contribution in [-0.4, -0.2) is 57.5 Å². The topological polar surface area (TPSA) is 81.4 Å². The second kappa shape index (κ2) is 30.2. The largest absolute Gasteiger partial charge is 0.333 e. The second-order valence-electron chi connectivity index (χ2n) is 35.4. The Morgan fingerprint density at radius 3 is 0.830 bits per heavy atom. The van der Waals surface area contributed by atoms with Crippen LogP contribution in [0.5, 0.6) is 0 Å². The van der Waals surface area contributed by atoms with Crippen LogP contribution in [-0.2, 0) is 0 Å². The Morgan fingerprint density at radius 2 is 0.459 bits per heavy atom. The molecule has 11 aromatic heterocycles. The molecule has 0 amide bonds.